The molecule has 0 aromatic heterocycles. The minimum atomic E-state index is -0.662. The second-order valence-electron chi connectivity index (χ2n) is 24.2. The molecule has 0 rings (SSSR count). The number of nitrogens with one attached hydrogen (secondary N) is 1. The highest BCUT2D eigenvalue weighted by Gasteiger charge is 2.20. The van der Waals surface area contributed by atoms with Crippen molar-refractivity contribution >= 4 is 11.9 Å². The van der Waals surface area contributed by atoms with Crippen molar-refractivity contribution in [2.45, 2.75) is 405 Å². The fourth-order valence-corrected chi connectivity index (χ4v) is 11.1. The molecule has 6 nitrogen and oxygen atoms in total. The molecule has 2 atom stereocenters. The van der Waals surface area contributed by atoms with Crippen LogP contribution < -0.4 is 5.32 Å². The first-order valence-electron chi connectivity index (χ1n) is 35.1. The lowest BCUT2D eigenvalue weighted by Gasteiger charge is -2.22. The molecule has 0 aliphatic heterocycles. The molecule has 0 saturated heterocycles. The van der Waals surface area contributed by atoms with Gasteiger partial charge in [0.25, 0.3) is 0 Å². The van der Waals surface area contributed by atoms with E-state index in [9.17, 15) is 19.8 Å². The summed E-state index contributed by atoms with van der Waals surface area (Å²) in [4.78, 5) is 24.5. The molecule has 77 heavy (non-hydrogen) atoms. The third kappa shape index (κ3) is 63.4. The van der Waals surface area contributed by atoms with E-state index in [1.54, 1.807) is 0 Å². The van der Waals surface area contributed by atoms with Crippen LogP contribution >= 0.6 is 0 Å². The molecule has 0 aromatic rings. The first-order valence-corrected chi connectivity index (χ1v) is 35.1. The largest absolute Gasteiger partial charge is 0.466 e. The van der Waals surface area contributed by atoms with Gasteiger partial charge in [-0.2, -0.15) is 0 Å². The van der Waals surface area contributed by atoms with E-state index < -0.39 is 12.1 Å². The summed E-state index contributed by atoms with van der Waals surface area (Å²) < 4.78 is 5.47. The van der Waals surface area contributed by atoms with Crippen molar-refractivity contribution in [3.8, 4) is 0 Å². The van der Waals surface area contributed by atoms with Crippen molar-refractivity contribution in [2.75, 3.05) is 13.2 Å². The molecule has 0 aliphatic rings. The fourth-order valence-electron chi connectivity index (χ4n) is 11.1. The number of carbonyl (C=O) groups is 2. The zero-order valence-electron chi connectivity index (χ0n) is 52.2. The SMILES string of the molecule is CCCC/C=C\CCCCCCCC(=O)OCCCCCCCCCCCCCC/C=C\CCCCCCCCCCCCCCCCCCC(=O)NC(CO)C(O)CCCCCCCCCCCCCCCCCCC. The van der Waals surface area contributed by atoms with Crippen LogP contribution in [0.25, 0.3) is 0 Å². The fraction of sp³-hybridized carbons (Fsp3) is 0.915. The van der Waals surface area contributed by atoms with Gasteiger partial charge in [-0.3, -0.25) is 9.59 Å². The molecule has 0 aromatic carbocycles. The quantitative estimate of drug-likeness (QED) is 0.0320. The molecule has 2 unspecified atom stereocenters. The van der Waals surface area contributed by atoms with E-state index >= 15 is 0 Å². The van der Waals surface area contributed by atoms with Crippen molar-refractivity contribution in [1.82, 2.24) is 5.32 Å². The van der Waals surface area contributed by atoms with Crippen LogP contribution in [0.1, 0.15) is 393 Å². The molecule has 3 N–H and O–H groups in total. The molecular weight excluding hydrogens is 947 g/mol. The number of carbonyl (C=O) groups excluding carboxylic acids is 2. The molecule has 0 fully saturated rings. The van der Waals surface area contributed by atoms with Crippen LogP contribution in [0.3, 0.4) is 0 Å². The van der Waals surface area contributed by atoms with Crippen LogP contribution in [0.2, 0.25) is 0 Å². The Bertz CT molecular complexity index is 1200. The lowest BCUT2D eigenvalue weighted by molar-refractivity contribution is -0.143. The Hall–Kier alpha value is -1.66. The number of hydrogen-bond acceptors (Lipinski definition) is 5. The molecule has 1 amide bonds. The van der Waals surface area contributed by atoms with Gasteiger partial charge in [0.05, 0.1) is 25.4 Å². The van der Waals surface area contributed by atoms with Crippen molar-refractivity contribution in [2.24, 2.45) is 0 Å². The zero-order chi connectivity index (χ0) is 55.7. The van der Waals surface area contributed by atoms with Crippen molar-refractivity contribution in [1.29, 1.82) is 0 Å². The maximum atomic E-state index is 12.5. The number of aliphatic hydroxyl groups is 2. The highest BCUT2D eigenvalue weighted by Crippen LogP contribution is 2.19. The predicted octanol–water partition coefficient (Wildman–Crippen LogP) is 22.5. The van der Waals surface area contributed by atoms with E-state index in [-0.39, 0.29) is 18.5 Å². The van der Waals surface area contributed by atoms with Gasteiger partial charge >= 0.3 is 5.97 Å². The predicted molar refractivity (Wildman–Crippen MR) is 338 cm³/mol. The summed E-state index contributed by atoms with van der Waals surface area (Å²) in [7, 11) is 0. The second kappa shape index (κ2) is 66.8. The number of amides is 1. The lowest BCUT2D eigenvalue weighted by atomic mass is 10.0. The van der Waals surface area contributed by atoms with E-state index in [1.165, 1.54) is 315 Å². The molecule has 0 radical (unpaired) electrons. The first-order chi connectivity index (χ1) is 38.0. The highest BCUT2D eigenvalue weighted by atomic mass is 16.5. The summed E-state index contributed by atoms with van der Waals surface area (Å²) in [6, 6.07) is -0.539. The maximum absolute atomic E-state index is 12.5. The van der Waals surface area contributed by atoms with Crippen LogP contribution in [-0.4, -0.2) is 47.4 Å². The Balaban J connectivity index is 3.35. The Morgan fingerprint density at radius 3 is 0.961 bits per heavy atom. The number of rotatable bonds is 66. The van der Waals surface area contributed by atoms with Gasteiger partial charge in [0.2, 0.25) is 5.91 Å². The third-order valence-corrected chi connectivity index (χ3v) is 16.5. The van der Waals surface area contributed by atoms with Crippen LogP contribution in [-0.2, 0) is 14.3 Å². The number of hydrogen-bond donors (Lipinski definition) is 3. The minimum Gasteiger partial charge on any atom is -0.466 e. The zero-order valence-corrected chi connectivity index (χ0v) is 52.2. The second-order valence-corrected chi connectivity index (χ2v) is 24.2. The van der Waals surface area contributed by atoms with Gasteiger partial charge in [-0.1, -0.05) is 334 Å². The van der Waals surface area contributed by atoms with Crippen LogP contribution in [0.4, 0.5) is 0 Å². The summed E-state index contributed by atoms with van der Waals surface area (Å²) in [5.41, 5.74) is 0. The van der Waals surface area contributed by atoms with E-state index in [0.29, 0.717) is 25.9 Å². The molecule has 456 valence electrons. The third-order valence-electron chi connectivity index (χ3n) is 16.5. The summed E-state index contributed by atoms with van der Waals surface area (Å²) >= 11 is 0. The van der Waals surface area contributed by atoms with Crippen LogP contribution in [0.5, 0.6) is 0 Å². The Morgan fingerprint density at radius 2 is 0.623 bits per heavy atom. The standard InChI is InChI=1S/C71H137NO5/c1-3-5-7-9-11-13-15-16-17-34-37-40-44-47-51-55-59-63-69(74)68(67-73)72-70(75)64-60-56-52-48-45-41-38-35-32-30-28-26-24-22-20-18-19-21-23-25-27-29-31-33-36-39-42-46-50-54-58-62-66-77-71(76)65-61-57-53-49-43-14-12-10-8-6-4-2/h10,12,21,23,68-69,73-74H,3-9,11,13-20,22,24-67H2,1-2H3,(H,72,75)/b12-10-,23-21-. The van der Waals surface area contributed by atoms with Gasteiger partial charge in [-0.05, 0) is 70.6 Å². The topological polar surface area (TPSA) is 95.9 Å². The monoisotopic (exact) mass is 1080 g/mol. The van der Waals surface area contributed by atoms with E-state index in [2.05, 4.69) is 43.5 Å². The summed E-state index contributed by atoms with van der Waals surface area (Å²) in [6.07, 6.45) is 83.8. The Morgan fingerprint density at radius 1 is 0.351 bits per heavy atom. The summed E-state index contributed by atoms with van der Waals surface area (Å²) in [6.45, 7) is 4.95. The van der Waals surface area contributed by atoms with Gasteiger partial charge in [0.15, 0.2) is 0 Å². The van der Waals surface area contributed by atoms with Crippen molar-refractivity contribution in [3.63, 3.8) is 0 Å². The number of aliphatic hydroxyl groups excluding tert-OH is 2. The average Bonchev–Trinajstić information content (AvgIpc) is 3.43. The lowest BCUT2D eigenvalue weighted by Crippen LogP contribution is -2.45. The van der Waals surface area contributed by atoms with E-state index in [4.69, 9.17) is 4.74 Å². The van der Waals surface area contributed by atoms with Crippen LogP contribution in [0.15, 0.2) is 24.3 Å². The highest BCUT2D eigenvalue weighted by molar-refractivity contribution is 5.76. The minimum absolute atomic E-state index is 0.00753. The van der Waals surface area contributed by atoms with Gasteiger partial charge in [-0.15, -0.1) is 0 Å². The molecule has 0 aliphatic carbocycles. The number of esters is 1. The Kier molecular flexibility index (Phi) is 65.4. The number of ether oxygens (including phenoxy) is 1. The summed E-state index contributed by atoms with van der Waals surface area (Å²) in [5, 5.41) is 23.4. The maximum Gasteiger partial charge on any atom is 0.305 e. The van der Waals surface area contributed by atoms with Gasteiger partial charge in [0.1, 0.15) is 0 Å². The summed E-state index contributed by atoms with van der Waals surface area (Å²) in [5.74, 6) is -0.0212. The molecule has 0 bridgehead atoms. The molecule has 0 saturated carbocycles. The number of allylic oxidation sites excluding steroid dienone is 4. The normalized spacial score (nSPS) is 12.6. The smallest absolute Gasteiger partial charge is 0.305 e. The molecule has 6 heteroatoms. The molecule has 0 spiro atoms. The first kappa shape index (κ1) is 75.3. The van der Waals surface area contributed by atoms with Gasteiger partial charge < -0.3 is 20.3 Å². The van der Waals surface area contributed by atoms with E-state index in [0.717, 1.165) is 44.9 Å². The molecular formula is C71H137NO5. The van der Waals surface area contributed by atoms with Gasteiger partial charge in [0, 0.05) is 12.8 Å². The Labute approximate surface area is 481 Å². The van der Waals surface area contributed by atoms with E-state index in [1.807, 2.05) is 0 Å². The van der Waals surface area contributed by atoms with Gasteiger partial charge in [-0.25, -0.2) is 0 Å². The van der Waals surface area contributed by atoms with Crippen LogP contribution in [0, 0.1) is 0 Å². The average molecular weight is 1080 g/mol. The number of unbranched alkanes of at least 4 members (excludes halogenated alkanes) is 51. The van der Waals surface area contributed by atoms with Crippen molar-refractivity contribution < 1.29 is 24.5 Å². The van der Waals surface area contributed by atoms with Crippen molar-refractivity contribution in [3.05, 3.63) is 24.3 Å². The molecule has 0 heterocycles.